The third-order valence-corrected chi connectivity index (χ3v) is 17.1. The van der Waals surface area contributed by atoms with Gasteiger partial charge in [-0.15, -0.1) is 0 Å². The van der Waals surface area contributed by atoms with Gasteiger partial charge in [-0.05, 0) is 133 Å². The predicted octanol–water partition coefficient (Wildman–Crippen LogP) is 16.7. The summed E-state index contributed by atoms with van der Waals surface area (Å²) in [5.41, 5.74) is 19.8. The second kappa shape index (κ2) is 13.5. The summed E-state index contributed by atoms with van der Waals surface area (Å²) in [5.74, 6) is 0. The molecule has 66 heavy (non-hydrogen) atoms. The van der Waals surface area contributed by atoms with Gasteiger partial charge in [-0.3, -0.25) is 0 Å². The van der Waals surface area contributed by atoms with Crippen molar-refractivity contribution < 1.29 is 4.42 Å². The maximum atomic E-state index is 6.63. The maximum absolute atomic E-state index is 6.63. The average Bonchev–Trinajstić information content (AvgIpc) is 4.00. The molecule has 0 unspecified atom stereocenters. The van der Waals surface area contributed by atoms with E-state index in [1.54, 1.807) is 0 Å². The smallest absolute Gasteiger partial charge is 0.137 e. The molecule has 0 atom stereocenters. The molecule has 0 radical (unpaired) electrons. The molecule has 308 valence electrons. The van der Waals surface area contributed by atoms with Crippen LogP contribution in [0.2, 0.25) is 0 Å². The molecule has 0 bridgehead atoms. The van der Waals surface area contributed by atoms with Gasteiger partial charge < -0.3 is 9.32 Å². The summed E-state index contributed by atoms with van der Waals surface area (Å²) in [6.07, 6.45) is 0. The third-order valence-electron chi connectivity index (χ3n) is 14.8. The van der Waals surface area contributed by atoms with Gasteiger partial charge in [-0.25, -0.2) is 0 Å². The number of fused-ring (bicyclic) bond motifs is 21. The van der Waals surface area contributed by atoms with Gasteiger partial charge >= 0.3 is 0 Å². The van der Waals surface area contributed by atoms with Gasteiger partial charge in [0.25, 0.3) is 0 Å². The van der Waals surface area contributed by atoms with Crippen LogP contribution >= 0.6 is 23.5 Å². The van der Waals surface area contributed by atoms with E-state index in [0.717, 1.165) is 39.0 Å². The van der Waals surface area contributed by atoms with Crippen molar-refractivity contribution in [2.75, 3.05) is 4.90 Å². The van der Waals surface area contributed by atoms with Crippen molar-refractivity contribution in [3.63, 3.8) is 0 Å². The SMILES string of the molecule is c1ccc2c(c1)Sc1ccccc1C21c2ccccc2-c2cc(N(c3ccc4c(c3)C3(c5ccccc5Sc5ccccc53)c3ccccc3-4)c3cccc4oc5ccccc5c34)ccc21. The fourth-order valence-electron chi connectivity index (χ4n) is 12.3. The molecule has 15 rings (SSSR count). The van der Waals surface area contributed by atoms with Gasteiger partial charge in [0.15, 0.2) is 0 Å². The Morgan fingerprint density at radius 1 is 0.318 bits per heavy atom. The fraction of sp³-hybridized carbons (Fsp3) is 0.0323. The van der Waals surface area contributed by atoms with E-state index in [0.29, 0.717) is 0 Å². The first-order chi connectivity index (χ1) is 32.7. The van der Waals surface area contributed by atoms with E-state index in [-0.39, 0.29) is 0 Å². The highest BCUT2D eigenvalue weighted by molar-refractivity contribution is 7.99. The molecule has 0 fully saturated rings. The van der Waals surface area contributed by atoms with E-state index in [2.05, 4.69) is 229 Å². The summed E-state index contributed by atoms with van der Waals surface area (Å²) < 4.78 is 6.63. The lowest BCUT2D eigenvalue weighted by Gasteiger charge is -2.40. The van der Waals surface area contributed by atoms with Crippen LogP contribution in [0.15, 0.2) is 248 Å². The van der Waals surface area contributed by atoms with E-state index in [4.69, 9.17) is 4.42 Å². The molecule has 2 aliphatic heterocycles. The van der Waals surface area contributed by atoms with Crippen molar-refractivity contribution in [2.24, 2.45) is 0 Å². The van der Waals surface area contributed by atoms with Crippen LogP contribution in [0.25, 0.3) is 44.2 Å². The van der Waals surface area contributed by atoms with Crippen molar-refractivity contribution >= 4 is 62.5 Å². The van der Waals surface area contributed by atoms with Gasteiger partial charge in [0, 0.05) is 36.3 Å². The number of hydrogen-bond donors (Lipinski definition) is 0. The van der Waals surface area contributed by atoms with Crippen LogP contribution in [0.1, 0.15) is 44.5 Å². The molecule has 2 nitrogen and oxygen atoms in total. The number of anilines is 3. The molecule has 10 aromatic carbocycles. The minimum atomic E-state index is -0.510. The lowest BCUT2D eigenvalue weighted by atomic mass is 9.67. The molecule has 0 saturated heterocycles. The number of benzene rings is 10. The zero-order valence-corrected chi connectivity index (χ0v) is 37.2. The molecular weight excluding hydrogens is 839 g/mol. The van der Waals surface area contributed by atoms with E-state index < -0.39 is 10.8 Å². The fourth-order valence-corrected chi connectivity index (χ4v) is 14.7. The Labute approximate surface area is 391 Å². The Kier molecular flexibility index (Phi) is 7.54. The Morgan fingerprint density at radius 2 is 0.758 bits per heavy atom. The van der Waals surface area contributed by atoms with Gasteiger partial charge in [-0.1, -0.05) is 181 Å². The standard InChI is InChI=1S/C62H37NOS2/c1-4-19-45-40(16-1)42-34-32-39(37-52(42)62(45)50-23-8-13-30-58(50)66-59-31-14-9-24-51(59)62)63(53-25-15-27-55-60(53)43-18-3-10-26-54(43)64-55)38-33-35-47-44(36-38)41-17-2-5-20-46(41)61(47)48-21-6-11-28-56(48)65-57-29-12-7-22-49(57)61/h1-37H. The molecule has 2 spiro atoms. The first-order valence-corrected chi connectivity index (χ1v) is 24.3. The van der Waals surface area contributed by atoms with Crippen molar-refractivity contribution in [1.29, 1.82) is 0 Å². The Bertz CT molecular complexity index is 3790. The normalized spacial score (nSPS) is 14.8. The first kappa shape index (κ1) is 36.8. The van der Waals surface area contributed by atoms with Crippen LogP contribution in [0.5, 0.6) is 0 Å². The molecule has 11 aromatic rings. The van der Waals surface area contributed by atoms with Crippen LogP contribution in [0, 0.1) is 0 Å². The number of para-hydroxylation sites is 1. The Hall–Kier alpha value is -7.50. The summed E-state index contributed by atoms with van der Waals surface area (Å²) in [5, 5.41) is 2.20. The van der Waals surface area contributed by atoms with Crippen LogP contribution < -0.4 is 4.90 Å². The van der Waals surface area contributed by atoms with E-state index in [1.807, 2.05) is 23.5 Å². The second-order valence-corrected chi connectivity index (χ2v) is 20.0. The molecule has 1 aromatic heterocycles. The lowest BCUT2D eigenvalue weighted by molar-refractivity contribution is 0.669. The third kappa shape index (κ3) is 4.65. The van der Waals surface area contributed by atoms with E-state index in [1.165, 1.54) is 86.3 Å². The molecule has 0 amide bonds. The van der Waals surface area contributed by atoms with Crippen molar-refractivity contribution in [3.05, 3.63) is 269 Å². The predicted molar refractivity (Wildman–Crippen MR) is 271 cm³/mol. The average molecular weight is 876 g/mol. The molecule has 4 heteroatoms. The highest BCUT2D eigenvalue weighted by atomic mass is 32.2. The van der Waals surface area contributed by atoms with Crippen LogP contribution in [0.3, 0.4) is 0 Å². The number of furan rings is 1. The number of hydrogen-bond acceptors (Lipinski definition) is 4. The van der Waals surface area contributed by atoms with Crippen molar-refractivity contribution in [3.8, 4) is 22.3 Å². The Balaban J connectivity index is 1.03. The summed E-state index contributed by atoms with van der Waals surface area (Å²) in [6.45, 7) is 0. The topological polar surface area (TPSA) is 16.4 Å². The number of nitrogens with zero attached hydrogens (tertiary/aromatic N) is 1. The van der Waals surface area contributed by atoms with Gasteiger partial charge in [0.2, 0.25) is 0 Å². The monoisotopic (exact) mass is 875 g/mol. The van der Waals surface area contributed by atoms with E-state index in [9.17, 15) is 0 Å². The van der Waals surface area contributed by atoms with E-state index >= 15 is 0 Å². The summed E-state index contributed by atoms with van der Waals surface area (Å²) in [6, 6.07) is 83.9. The van der Waals surface area contributed by atoms with Gasteiger partial charge in [0.1, 0.15) is 11.2 Å². The van der Waals surface area contributed by atoms with Crippen molar-refractivity contribution in [2.45, 2.75) is 30.4 Å². The molecule has 2 aliphatic carbocycles. The van der Waals surface area contributed by atoms with Crippen LogP contribution in [-0.4, -0.2) is 0 Å². The maximum Gasteiger partial charge on any atom is 0.137 e. The van der Waals surface area contributed by atoms with Gasteiger partial charge in [-0.2, -0.15) is 0 Å². The molecule has 3 heterocycles. The Morgan fingerprint density at radius 3 is 1.38 bits per heavy atom. The lowest BCUT2D eigenvalue weighted by Crippen LogP contribution is -2.32. The minimum absolute atomic E-state index is 0.458. The zero-order chi connectivity index (χ0) is 43.1. The molecule has 0 saturated carbocycles. The van der Waals surface area contributed by atoms with Crippen molar-refractivity contribution in [1.82, 2.24) is 0 Å². The summed E-state index contributed by atoms with van der Waals surface area (Å²) in [7, 11) is 0. The second-order valence-electron chi connectivity index (χ2n) is 17.8. The molecule has 0 N–H and O–H groups in total. The minimum Gasteiger partial charge on any atom is -0.456 e. The number of rotatable bonds is 3. The highest BCUT2D eigenvalue weighted by Crippen LogP contribution is 2.65. The molecular formula is C62H37NOS2. The zero-order valence-electron chi connectivity index (χ0n) is 35.5. The first-order valence-electron chi connectivity index (χ1n) is 22.7. The largest absolute Gasteiger partial charge is 0.456 e. The summed E-state index contributed by atoms with van der Waals surface area (Å²) >= 11 is 3.77. The highest BCUT2D eigenvalue weighted by Gasteiger charge is 2.52. The van der Waals surface area contributed by atoms with Crippen LogP contribution in [0.4, 0.5) is 17.1 Å². The molecule has 4 aliphatic rings. The quantitative estimate of drug-likeness (QED) is 0.176. The van der Waals surface area contributed by atoms with Crippen LogP contribution in [-0.2, 0) is 10.8 Å². The van der Waals surface area contributed by atoms with Gasteiger partial charge in [0.05, 0.1) is 21.9 Å². The summed E-state index contributed by atoms with van der Waals surface area (Å²) in [4.78, 5) is 7.71.